The summed E-state index contributed by atoms with van der Waals surface area (Å²) in [7, 11) is 0. The number of rotatable bonds is 17. The third kappa shape index (κ3) is 11.3. The lowest BCUT2D eigenvalue weighted by Gasteiger charge is -2.54. The van der Waals surface area contributed by atoms with Gasteiger partial charge in [-0.15, -0.1) is 0 Å². The van der Waals surface area contributed by atoms with Gasteiger partial charge in [0.05, 0.1) is 53.7 Å². The fourth-order valence-electron chi connectivity index (χ4n) is 12.0. The number of carbonyl (C=O) groups excluding carboxylic acids is 3. The van der Waals surface area contributed by atoms with E-state index in [2.05, 4.69) is 31.4 Å². The summed E-state index contributed by atoms with van der Waals surface area (Å²) in [5.41, 5.74) is -0.813. The van der Waals surface area contributed by atoms with Gasteiger partial charge in [0.2, 0.25) is 11.7 Å². The Morgan fingerprint density at radius 2 is 1.58 bits per heavy atom. The smallest absolute Gasteiger partial charge is 0.407 e. The highest BCUT2D eigenvalue weighted by Gasteiger charge is 2.64. The SMILES string of the molecule is CCNC(=O)O[C@@H]1C=C[C@]2(O[C@H]([C@@H](CC)C(=O)[C@@H](C)[C@@H](O)[C@H](C)[C@@H]3O[C@@H]([C@@H](CC)C(=O)NCCc4ccc(F)cc4)CC[C@@H]3C)[C@@H](C)C[C@H]2C)O[C@@]12CC[C@@](C)([C@H]1CC[C@](O)(CC)[C@H](C)O1)O2. The number of carbonyl (C=O) groups is 3. The zero-order chi connectivity index (χ0) is 49.1. The van der Waals surface area contributed by atoms with Crippen LogP contribution in [0.1, 0.15) is 146 Å². The zero-order valence-electron chi connectivity index (χ0n) is 42.2. The number of benzene rings is 1. The van der Waals surface area contributed by atoms with E-state index >= 15 is 0 Å². The number of ether oxygens (including phenoxy) is 6. The van der Waals surface area contributed by atoms with Crippen LogP contribution in [0.2, 0.25) is 0 Å². The van der Waals surface area contributed by atoms with Crippen molar-refractivity contribution in [2.75, 3.05) is 13.1 Å². The maximum absolute atomic E-state index is 14.8. The van der Waals surface area contributed by atoms with Crippen LogP contribution >= 0.6 is 0 Å². The largest absolute Gasteiger partial charge is 0.436 e. The number of halogens is 1. The molecule has 2 amide bonds. The van der Waals surface area contributed by atoms with Gasteiger partial charge in [0.15, 0.2) is 11.9 Å². The molecule has 1 aromatic rings. The molecular weight excluding hydrogens is 860 g/mol. The molecule has 0 bridgehead atoms. The summed E-state index contributed by atoms with van der Waals surface area (Å²) in [6.07, 6.45) is 5.60. The Bertz CT molecular complexity index is 1870. The standard InChI is InChI=1S/C53H83FN2O11/c1-12-39(48(59)56-29-24-37-17-19-38(54)20-18-37)41-21-16-31(5)46(63-41)35(9)44(57)34(8)45(58)40(13-2)47-32(6)30-33(7)52(65-47)26-23-43(64-49(60)55-15-4)53(67-52)28-27-50(11,66-53)42-22-25-51(61,14-3)36(10)62-42/h17-20,23,26,31-36,39-44,46-47,57,61H,12-16,21-22,24-25,27-30H2,1-11H3,(H,55,60)(H,56,59)/t31-,32-,33+,34-,35-,36-,39+,40-,41+,42+,43+,44+,46+,47-,50-,51+,52-,53-/m0/s1. The van der Waals surface area contributed by atoms with Crippen molar-refractivity contribution in [2.24, 2.45) is 41.4 Å². The van der Waals surface area contributed by atoms with Crippen LogP contribution in [0.3, 0.4) is 0 Å². The number of hydrogen-bond acceptors (Lipinski definition) is 11. The molecule has 4 fully saturated rings. The Kier molecular flexibility index (Phi) is 17.5. The van der Waals surface area contributed by atoms with E-state index in [9.17, 15) is 29.0 Å². The number of nitrogens with one attached hydrogen (secondary N) is 2. The molecule has 5 heterocycles. The van der Waals surface area contributed by atoms with Gasteiger partial charge in [0.25, 0.3) is 0 Å². The molecule has 4 N–H and O–H groups in total. The van der Waals surface area contributed by atoms with E-state index in [0.29, 0.717) is 77.3 Å². The first-order valence-corrected chi connectivity index (χ1v) is 25.7. The summed E-state index contributed by atoms with van der Waals surface area (Å²) in [6, 6.07) is 6.28. The van der Waals surface area contributed by atoms with E-state index in [1.165, 1.54) is 12.1 Å². The monoisotopic (exact) mass is 943 g/mol. The quantitative estimate of drug-likeness (QED) is 0.111. The molecule has 14 heteroatoms. The normalized spacial score (nSPS) is 38.7. The number of hydrogen-bond donors (Lipinski definition) is 4. The minimum absolute atomic E-state index is 0.0342. The highest BCUT2D eigenvalue weighted by Crippen LogP contribution is 2.54. The van der Waals surface area contributed by atoms with Crippen LogP contribution in [-0.2, 0) is 44.4 Å². The molecule has 18 atom stereocenters. The van der Waals surface area contributed by atoms with E-state index in [0.717, 1.165) is 12.0 Å². The molecule has 378 valence electrons. The van der Waals surface area contributed by atoms with Crippen molar-refractivity contribution in [2.45, 2.75) is 212 Å². The Labute approximate surface area is 399 Å². The maximum Gasteiger partial charge on any atom is 0.407 e. The molecule has 13 nitrogen and oxygen atoms in total. The summed E-state index contributed by atoms with van der Waals surface area (Å²) in [5.74, 6) is -5.43. The van der Waals surface area contributed by atoms with Crippen molar-refractivity contribution in [3.05, 3.63) is 47.8 Å². The first-order valence-electron chi connectivity index (χ1n) is 25.7. The van der Waals surface area contributed by atoms with Crippen LogP contribution in [0.4, 0.5) is 9.18 Å². The molecule has 5 aliphatic heterocycles. The van der Waals surface area contributed by atoms with Crippen LogP contribution in [0.5, 0.6) is 0 Å². The van der Waals surface area contributed by atoms with Crippen LogP contribution in [-0.4, -0.2) is 107 Å². The molecular formula is C53H83FN2O11. The molecule has 0 saturated carbocycles. The number of alkyl carbamates (subject to hydrolysis) is 1. The van der Waals surface area contributed by atoms with Crippen LogP contribution in [0, 0.1) is 47.2 Å². The average molecular weight is 943 g/mol. The van der Waals surface area contributed by atoms with Crippen molar-refractivity contribution < 1.29 is 57.4 Å². The predicted octanol–water partition coefficient (Wildman–Crippen LogP) is 8.36. The van der Waals surface area contributed by atoms with Crippen molar-refractivity contribution in [1.29, 1.82) is 0 Å². The van der Waals surface area contributed by atoms with E-state index < -0.39 is 71.0 Å². The van der Waals surface area contributed by atoms with E-state index in [4.69, 9.17) is 28.4 Å². The van der Waals surface area contributed by atoms with Gasteiger partial charge in [-0.25, -0.2) is 9.18 Å². The summed E-state index contributed by atoms with van der Waals surface area (Å²) in [6.45, 7) is 22.5. The van der Waals surface area contributed by atoms with Gasteiger partial charge in [-0.2, -0.15) is 0 Å². The molecule has 0 aromatic heterocycles. The molecule has 67 heavy (non-hydrogen) atoms. The van der Waals surface area contributed by atoms with Gasteiger partial charge in [-0.3, -0.25) is 9.59 Å². The number of Topliss-reactive ketones (excluding diaryl/α,β-unsaturated/α-hetero) is 1. The van der Waals surface area contributed by atoms with Crippen LogP contribution in [0.25, 0.3) is 0 Å². The first kappa shape index (κ1) is 53.4. The zero-order valence-corrected chi connectivity index (χ0v) is 42.2. The van der Waals surface area contributed by atoms with Crippen LogP contribution in [0.15, 0.2) is 36.4 Å². The summed E-state index contributed by atoms with van der Waals surface area (Å²) >= 11 is 0. The van der Waals surface area contributed by atoms with Gasteiger partial charge in [-0.1, -0.05) is 67.5 Å². The molecule has 5 aliphatic rings. The second kappa shape index (κ2) is 22.0. The van der Waals surface area contributed by atoms with E-state index in [1.54, 1.807) is 19.1 Å². The molecule has 2 spiro atoms. The summed E-state index contributed by atoms with van der Waals surface area (Å²) in [4.78, 5) is 41.3. The Balaban J connectivity index is 1.16. The number of aliphatic hydroxyl groups excluding tert-OH is 1. The number of aliphatic hydroxyl groups is 2. The highest BCUT2D eigenvalue weighted by molar-refractivity contribution is 5.84. The van der Waals surface area contributed by atoms with Gasteiger partial charge in [0, 0.05) is 43.2 Å². The molecule has 1 aromatic carbocycles. The predicted molar refractivity (Wildman–Crippen MR) is 252 cm³/mol. The van der Waals surface area contributed by atoms with Gasteiger partial charge >= 0.3 is 6.09 Å². The minimum atomic E-state index is -1.43. The molecule has 0 aliphatic carbocycles. The van der Waals surface area contributed by atoms with Gasteiger partial charge in [-0.05, 0) is 127 Å². The molecule has 4 saturated heterocycles. The van der Waals surface area contributed by atoms with Crippen molar-refractivity contribution in [3.63, 3.8) is 0 Å². The maximum atomic E-state index is 14.8. The lowest BCUT2D eigenvalue weighted by molar-refractivity contribution is -0.408. The third-order valence-electron chi connectivity index (χ3n) is 16.6. The Morgan fingerprint density at radius 1 is 0.881 bits per heavy atom. The highest BCUT2D eigenvalue weighted by atomic mass is 19.1. The lowest BCUT2D eigenvalue weighted by Crippen LogP contribution is -2.63. The summed E-state index contributed by atoms with van der Waals surface area (Å²) < 4.78 is 54.0. The molecule has 0 unspecified atom stereocenters. The fraction of sp³-hybridized carbons (Fsp3) is 0.792. The van der Waals surface area contributed by atoms with E-state index in [1.807, 2.05) is 60.6 Å². The summed E-state index contributed by atoms with van der Waals surface area (Å²) in [5, 5.41) is 29.1. The Hall–Kier alpha value is -2.98. The Morgan fingerprint density at radius 3 is 2.22 bits per heavy atom. The van der Waals surface area contributed by atoms with Crippen molar-refractivity contribution in [1.82, 2.24) is 10.6 Å². The second-order valence-corrected chi connectivity index (χ2v) is 21.2. The third-order valence-corrected chi connectivity index (χ3v) is 16.6. The second-order valence-electron chi connectivity index (χ2n) is 21.2. The minimum Gasteiger partial charge on any atom is -0.436 e. The van der Waals surface area contributed by atoms with Crippen molar-refractivity contribution >= 4 is 17.8 Å². The number of amides is 2. The number of ketones is 1. The van der Waals surface area contributed by atoms with Gasteiger partial charge < -0.3 is 49.3 Å². The fourth-order valence-corrected chi connectivity index (χ4v) is 12.0. The van der Waals surface area contributed by atoms with Gasteiger partial charge in [0.1, 0.15) is 11.6 Å². The van der Waals surface area contributed by atoms with Crippen molar-refractivity contribution in [3.8, 4) is 0 Å². The topological polar surface area (TPSA) is 171 Å². The molecule has 6 rings (SSSR count). The average Bonchev–Trinajstić information content (AvgIpc) is 3.64. The van der Waals surface area contributed by atoms with E-state index in [-0.39, 0.29) is 59.5 Å². The van der Waals surface area contributed by atoms with Crippen LogP contribution < -0.4 is 10.6 Å². The molecule has 0 radical (unpaired) electrons. The first-order chi connectivity index (χ1) is 31.7. The lowest BCUT2D eigenvalue weighted by atomic mass is 9.72.